The average Bonchev–Trinajstić information content (AvgIpc) is 2.80. The number of nitrogens with zero attached hydrogens (tertiary/aromatic N) is 3. The summed E-state index contributed by atoms with van der Waals surface area (Å²) in [6.07, 6.45) is 1.50. The Bertz CT molecular complexity index is 1480. The summed E-state index contributed by atoms with van der Waals surface area (Å²) in [6.45, 7) is 0. The summed E-state index contributed by atoms with van der Waals surface area (Å²) in [4.78, 5) is 23.8. The number of methoxy groups -OCH3 is 1. The van der Waals surface area contributed by atoms with Crippen molar-refractivity contribution in [2.45, 2.75) is 4.90 Å². The molecule has 0 unspecified atom stereocenters. The highest BCUT2D eigenvalue weighted by Crippen LogP contribution is 2.32. The molecule has 0 radical (unpaired) electrons. The molecule has 12 heteroatoms. The van der Waals surface area contributed by atoms with Crippen molar-refractivity contribution >= 4 is 56.1 Å². The van der Waals surface area contributed by atoms with Gasteiger partial charge in [0.2, 0.25) is 0 Å². The molecule has 4 rings (SSSR count). The second-order valence-electron chi connectivity index (χ2n) is 6.68. The predicted octanol–water partition coefficient (Wildman–Crippen LogP) is 3.93. The van der Waals surface area contributed by atoms with E-state index in [1.807, 2.05) is 0 Å². The normalized spacial score (nSPS) is 11.2. The molecule has 0 spiro atoms. The van der Waals surface area contributed by atoms with Gasteiger partial charge in [-0.05, 0) is 42.5 Å². The maximum atomic E-state index is 13.0. The largest absolute Gasteiger partial charge is 0.497 e. The van der Waals surface area contributed by atoms with Crippen LogP contribution in [-0.2, 0) is 10.0 Å². The van der Waals surface area contributed by atoms with E-state index < -0.39 is 16.0 Å². The number of hydrogen-bond acceptors (Lipinski definition) is 8. The Morgan fingerprint density at radius 2 is 1.88 bits per heavy atom. The standard InChI is InChI=1S/C21H16ClN5O5S/c1-32-13-7-8-15(22)17(11-13)25-19-20(26-18-16(24-19)6-3-9-23-18)27-33(30,31)14-5-2-4-12(10-14)21(28)29/h2-11H,1H3,(H,24,25)(H,28,29)(H,23,26,27). The molecule has 0 amide bonds. The molecule has 0 atom stereocenters. The van der Waals surface area contributed by atoms with E-state index in [1.54, 1.807) is 30.3 Å². The van der Waals surface area contributed by atoms with Gasteiger partial charge in [-0.15, -0.1) is 0 Å². The number of carbonyl (C=O) groups is 1. The Kier molecular flexibility index (Phi) is 5.99. The van der Waals surface area contributed by atoms with Gasteiger partial charge in [-0.25, -0.2) is 28.2 Å². The van der Waals surface area contributed by atoms with Gasteiger partial charge >= 0.3 is 5.97 Å². The van der Waals surface area contributed by atoms with Crippen LogP contribution in [0.15, 0.2) is 65.7 Å². The third-order valence-corrected chi connectivity index (χ3v) is 6.16. The molecule has 0 bridgehead atoms. The minimum Gasteiger partial charge on any atom is -0.497 e. The number of hydrogen-bond donors (Lipinski definition) is 3. The molecule has 2 aromatic heterocycles. The number of sulfonamides is 1. The molecule has 0 saturated heterocycles. The van der Waals surface area contributed by atoms with E-state index in [0.29, 0.717) is 22.0 Å². The molecule has 0 saturated carbocycles. The van der Waals surface area contributed by atoms with E-state index >= 15 is 0 Å². The number of nitrogens with one attached hydrogen (secondary N) is 2. The molecule has 0 aliphatic heterocycles. The molecule has 2 aromatic carbocycles. The van der Waals surface area contributed by atoms with Crippen molar-refractivity contribution < 1.29 is 23.1 Å². The lowest BCUT2D eigenvalue weighted by atomic mass is 10.2. The Hall–Kier alpha value is -3.96. The second-order valence-corrected chi connectivity index (χ2v) is 8.77. The molecule has 0 aliphatic carbocycles. The van der Waals surface area contributed by atoms with Gasteiger partial charge in [0.15, 0.2) is 17.3 Å². The fourth-order valence-corrected chi connectivity index (χ4v) is 4.11. The van der Waals surface area contributed by atoms with Crippen LogP contribution < -0.4 is 14.8 Å². The first-order chi connectivity index (χ1) is 15.8. The van der Waals surface area contributed by atoms with Crippen molar-refractivity contribution in [3.05, 3.63) is 71.4 Å². The molecule has 4 aromatic rings. The summed E-state index contributed by atoms with van der Waals surface area (Å²) >= 11 is 6.28. The Morgan fingerprint density at radius 3 is 2.64 bits per heavy atom. The van der Waals surface area contributed by atoms with Gasteiger partial charge in [0.05, 0.1) is 28.3 Å². The monoisotopic (exact) mass is 485 g/mol. The van der Waals surface area contributed by atoms with Crippen LogP contribution >= 0.6 is 11.6 Å². The van der Waals surface area contributed by atoms with E-state index in [1.165, 1.54) is 31.5 Å². The summed E-state index contributed by atoms with van der Waals surface area (Å²) in [5.74, 6) is -0.828. The third kappa shape index (κ3) is 4.78. The van der Waals surface area contributed by atoms with Crippen molar-refractivity contribution in [2.24, 2.45) is 0 Å². The number of benzene rings is 2. The highest BCUT2D eigenvalue weighted by molar-refractivity contribution is 7.92. The number of pyridine rings is 1. The van der Waals surface area contributed by atoms with Gasteiger partial charge < -0.3 is 15.2 Å². The summed E-state index contributed by atoms with van der Waals surface area (Å²) in [6, 6.07) is 13.2. The van der Waals surface area contributed by atoms with Crippen molar-refractivity contribution in [2.75, 3.05) is 17.1 Å². The van der Waals surface area contributed by atoms with Crippen LogP contribution in [0.4, 0.5) is 17.3 Å². The number of aromatic nitrogens is 3. The van der Waals surface area contributed by atoms with Gasteiger partial charge in [0, 0.05) is 12.3 Å². The second kappa shape index (κ2) is 8.88. The molecule has 0 fully saturated rings. The number of ether oxygens (including phenoxy) is 1. The zero-order chi connectivity index (χ0) is 23.6. The van der Waals surface area contributed by atoms with Crippen LogP contribution in [0.5, 0.6) is 5.75 Å². The number of aromatic carboxylic acids is 1. The maximum absolute atomic E-state index is 13.0. The SMILES string of the molecule is COc1ccc(Cl)c(Nc2nc3cccnc3nc2NS(=O)(=O)c2cccc(C(=O)O)c2)c1. The fraction of sp³-hybridized carbons (Fsp3) is 0.0476. The Balaban J connectivity index is 1.80. The summed E-state index contributed by atoms with van der Waals surface area (Å²) in [5.41, 5.74) is 0.846. The number of carboxylic acids is 1. The summed E-state index contributed by atoms with van der Waals surface area (Å²) < 4.78 is 33.6. The van der Waals surface area contributed by atoms with Gasteiger partial charge in [-0.2, -0.15) is 0 Å². The lowest BCUT2D eigenvalue weighted by Gasteiger charge is -2.15. The van der Waals surface area contributed by atoms with Crippen LogP contribution in [0, 0.1) is 0 Å². The van der Waals surface area contributed by atoms with Crippen LogP contribution in [0.1, 0.15) is 10.4 Å². The molecular formula is C21H16ClN5O5S. The number of carboxylic acid groups (broad SMARTS) is 1. The van der Waals surface area contributed by atoms with Crippen molar-refractivity contribution in [1.82, 2.24) is 15.0 Å². The van der Waals surface area contributed by atoms with Crippen molar-refractivity contribution in [3.8, 4) is 5.75 Å². The quantitative estimate of drug-likeness (QED) is 0.354. The fourth-order valence-electron chi connectivity index (χ4n) is 2.89. The van der Waals surface area contributed by atoms with E-state index in [9.17, 15) is 18.3 Å². The van der Waals surface area contributed by atoms with Crippen LogP contribution in [0.2, 0.25) is 5.02 Å². The number of rotatable bonds is 7. The number of anilines is 3. The minimum absolute atomic E-state index is 0.0589. The average molecular weight is 486 g/mol. The van der Waals surface area contributed by atoms with Crippen LogP contribution in [0.25, 0.3) is 11.2 Å². The van der Waals surface area contributed by atoms with Crippen LogP contribution in [0.3, 0.4) is 0 Å². The van der Waals surface area contributed by atoms with Crippen molar-refractivity contribution in [1.29, 1.82) is 0 Å². The van der Waals surface area contributed by atoms with Gasteiger partial charge in [0.25, 0.3) is 10.0 Å². The Labute approximate surface area is 193 Å². The zero-order valence-corrected chi connectivity index (χ0v) is 18.6. The third-order valence-electron chi connectivity index (χ3n) is 4.49. The first-order valence-corrected chi connectivity index (χ1v) is 11.2. The molecule has 33 heavy (non-hydrogen) atoms. The zero-order valence-electron chi connectivity index (χ0n) is 17.0. The highest BCUT2D eigenvalue weighted by Gasteiger charge is 2.21. The van der Waals surface area contributed by atoms with E-state index in [-0.39, 0.29) is 27.7 Å². The molecular weight excluding hydrogens is 470 g/mol. The van der Waals surface area contributed by atoms with Crippen LogP contribution in [-0.4, -0.2) is 41.6 Å². The molecule has 2 heterocycles. The predicted molar refractivity (Wildman–Crippen MR) is 123 cm³/mol. The first-order valence-electron chi connectivity index (χ1n) is 9.36. The van der Waals surface area contributed by atoms with Crippen molar-refractivity contribution in [3.63, 3.8) is 0 Å². The Morgan fingerprint density at radius 1 is 1.06 bits per heavy atom. The number of halogens is 1. The van der Waals surface area contributed by atoms with Gasteiger partial charge in [-0.1, -0.05) is 17.7 Å². The van der Waals surface area contributed by atoms with E-state index in [2.05, 4.69) is 25.0 Å². The molecule has 168 valence electrons. The highest BCUT2D eigenvalue weighted by atomic mass is 35.5. The van der Waals surface area contributed by atoms with E-state index in [0.717, 1.165) is 6.07 Å². The molecule has 10 nitrogen and oxygen atoms in total. The smallest absolute Gasteiger partial charge is 0.335 e. The summed E-state index contributed by atoms with van der Waals surface area (Å²) in [7, 11) is -2.72. The first kappa shape index (κ1) is 22.2. The molecule has 3 N–H and O–H groups in total. The lowest BCUT2D eigenvalue weighted by molar-refractivity contribution is 0.0696. The summed E-state index contributed by atoms with van der Waals surface area (Å²) in [5, 5.41) is 12.5. The van der Waals surface area contributed by atoms with E-state index in [4.69, 9.17) is 16.3 Å². The topological polar surface area (TPSA) is 143 Å². The molecule has 0 aliphatic rings. The maximum Gasteiger partial charge on any atom is 0.335 e. The minimum atomic E-state index is -4.22. The van der Waals surface area contributed by atoms with Gasteiger partial charge in [0.1, 0.15) is 11.3 Å². The lowest BCUT2D eigenvalue weighted by Crippen LogP contribution is -2.16. The van der Waals surface area contributed by atoms with Gasteiger partial charge in [-0.3, -0.25) is 4.72 Å². The number of fused-ring (bicyclic) bond motifs is 1.